The molecule has 0 spiro atoms. The van der Waals surface area contributed by atoms with Crippen molar-refractivity contribution in [1.82, 2.24) is 10.6 Å². The maximum atomic E-state index is 12.9. The van der Waals surface area contributed by atoms with Crippen LogP contribution in [0.5, 0.6) is 5.75 Å². The van der Waals surface area contributed by atoms with Crippen LogP contribution in [-0.4, -0.2) is 25.0 Å². The monoisotopic (exact) mass is 394 g/mol. The molecule has 26 heavy (non-hydrogen) atoms. The molecule has 2 aromatic rings. The highest BCUT2D eigenvalue weighted by Crippen LogP contribution is 2.34. The number of nitrogens with one attached hydrogen (secondary N) is 2. The first-order chi connectivity index (χ1) is 12.3. The van der Waals surface area contributed by atoms with Crippen LogP contribution in [0.15, 0.2) is 42.5 Å². The van der Waals surface area contributed by atoms with Crippen molar-refractivity contribution in [3.63, 3.8) is 0 Å². The lowest BCUT2D eigenvalue weighted by Gasteiger charge is -2.21. The number of amides is 2. The fourth-order valence-corrected chi connectivity index (χ4v) is 2.93. The molecular weight excluding hydrogens is 375 g/mol. The summed E-state index contributed by atoms with van der Waals surface area (Å²) < 4.78 is 5.21. The van der Waals surface area contributed by atoms with Crippen molar-refractivity contribution in [2.24, 2.45) is 0 Å². The molecule has 0 aliphatic carbocycles. The molecule has 0 unspecified atom stereocenters. The number of hydrogen-bond acceptors (Lipinski definition) is 3. The van der Waals surface area contributed by atoms with E-state index in [1.807, 2.05) is 19.9 Å². The van der Waals surface area contributed by atoms with E-state index in [2.05, 4.69) is 10.6 Å². The molecule has 2 aromatic carbocycles. The van der Waals surface area contributed by atoms with Crippen LogP contribution in [0.1, 0.15) is 35.8 Å². The first-order valence-corrected chi connectivity index (χ1v) is 8.79. The Morgan fingerprint density at radius 3 is 2.15 bits per heavy atom. The highest BCUT2D eigenvalue weighted by atomic mass is 35.5. The third-order valence-corrected chi connectivity index (χ3v) is 4.20. The number of carbonyl (C=O) groups excluding carboxylic acids is 2. The molecule has 2 rings (SSSR count). The smallest absolute Gasteiger partial charge is 0.257 e. The van der Waals surface area contributed by atoms with Gasteiger partial charge in [0.1, 0.15) is 11.6 Å². The van der Waals surface area contributed by atoms with E-state index in [1.54, 1.807) is 30.3 Å². The molecule has 5 nitrogen and oxygen atoms in total. The maximum absolute atomic E-state index is 12.9. The second-order valence-corrected chi connectivity index (χ2v) is 6.73. The Labute approximate surface area is 162 Å². The summed E-state index contributed by atoms with van der Waals surface area (Å²) in [5.41, 5.74) is 0.732. The number of methoxy groups -OCH3 is 1. The third kappa shape index (κ3) is 4.68. The predicted octanol–water partition coefficient (Wildman–Crippen LogP) is 4.00. The lowest BCUT2D eigenvalue weighted by Crippen LogP contribution is -2.42. The number of rotatable bonds is 6. The Morgan fingerprint density at radius 2 is 1.58 bits per heavy atom. The van der Waals surface area contributed by atoms with E-state index in [0.29, 0.717) is 5.56 Å². The van der Waals surface area contributed by atoms with Gasteiger partial charge in [-0.25, -0.2) is 0 Å². The zero-order valence-electron chi connectivity index (χ0n) is 14.7. The zero-order valence-corrected chi connectivity index (χ0v) is 16.2. The van der Waals surface area contributed by atoms with Gasteiger partial charge in [-0.05, 0) is 31.5 Å². The van der Waals surface area contributed by atoms with Crippen LogP contribution in [0.25, 0.3) is 0 Å². The highest BCUT2D eigenvalue weighted by Gasteiger charge is 2.27. The average molecular weight is 395 g/mol. The quantitative estimate of drug-likeness (QED) is 0.777. The standard InChI is InChI=1S/C19H20Cl2N2O3/c1-11(2)22-19(25)16(12-7-5-4-6-8-12)23-18(24)15-13(20)9-10-14(21)17(15)26-3/h4-11,16H,1-3H3,(H,22,25)(H,23,24)/t16-/m0/s1. The van der Waals surface area contributed by atoms with Crippen molar-refractivity contribution in [3.8, 4) is 5.75 Å². The summed E-state index contributed by atoms with van der Waals surface area (Å²) in [5, 5.41) is 5.97. The van der Waals surface area contributed by atoms with Gasteiger partial charge in [0.15, 0.2) is 5.75 Å². The molecule has 0 fully saturated rings. The molecule has 0 aliphatic heterocycles. The van der Waals surface area contributed by atoms with Gasteiger partial charge in [0.2, 0.25) is 5.91 Å². The van der Waals surface area contributed by atoms with Crippen LogP contribution < -0.4 is 15.4 Å². The SMILES string of the molecule is COc1c(Cl)ccc(Cl)c1C(=O)N[C@H](C(=O)NC(C)C)c1ccccc1. The van der Waals surface area contributed by atoms with Crippen LogP contribution >= 0.6 is 23.2 Å². The number of ether oxygens (including phenoxy) is 1. The molecule has 2 amide bonds. The molecule has 1 atom stereocenters. The average Bonchev–Trinajstić information content (AvgIpc) is 2.61. The Balaban J connectivity index is 2.39. The maximum Gasteiger partial charge on any atom is 0.257 e. The second-order valence-electron chi connectivity index (χ2n) is 5.92. The number of halogens is 2. The molecule has 138 valence electrons. The third-order valence-electron chi connectivity index (χ3n) is 3.59. The van der Waals surface area contributed by atoms with Crippen molar-refractivity contribution in [2.45, 2.75) is 25.9 Å². The minimum atomic E-state index is -0.883. The number of benzene rings is 2. The highest BCUT2D eigenvalue weighted by molar-refractivity contribution is 6.37. The van der Waals surface area contributed by atoms with Gasteiger partial charge in [-0.1, -0.05) is 53.5 Å². The minimum absolute atomic E-state index is 0.0742. The van der Waals surface area contributed by atoms with Crippen LogP contribution in [0.2, 0.25) is 10.0 Å². The fourth-order valence-electron chi connectivity index (χ4n) is 2.46. The summed E-state index contributed by atoms with van der Waals surface area (Å²) in [7, 11) is 1.40. The van der Waals surface area contributed by atoms with Gasteiger partial charge in [-0.2, -0.15) is 0 Å². The Morgan fingerprint density at radius 1 is 0.962 bits per heavy atom. The topological polar surface area (TPSA) is 67.4 Å². The van der Waals surface area contributed by atoms with Crippen molar-refractivity contribution < 1.29 is 14.3 Å². The van der Waals surface area contributed by atoms with E-state index in [4.69, 9.17) is 27.9 Å². The second kappa shape index (κ2) is 8.92. The molecule has 0 radical (unpaired) electrons. The van der Waals surface area contributed by atoms with E-state index < -0.39 is 11.9 Å². The summed E-state index contributed by atoms with van der Waals surface area (Å²) in [5.74, 6) is -0.716. The first kappa shape index (κ1) is 20.1. The number of hydrogen-bond donors (Lipinski definition) is 2. The van der Waals surface area contributed by atoms with Crippen molar-refractivity contribution >= 4 is 35.0 Å². The Kier molecular flexibility index (Phi) is 6.89. The lowest BCUT2D eigenvalue weighted by molar-refractivity contribution is -0.123. The molecule has 0 saturated carbocycles. The van der Waals surface area contributed by atoms with Crippen molar-refractivity contribution in [3.05, 3.63) is 63.6 Å². The molecule has 7 heteroatoms. The van der Waals surface area contributed by atoms with Crippen LogP contribution in [-0.2, 0) is 4.79 Å². The Bertz CT molecular complexity index is 795. The van der Waals surface area contributed by atoms with Crippen molar-refractivity contribution in [1.29, 1.82) is 0 Å². The van der Waals surface area contributed by atoms with Crippen LogP contribution in [0.3, 0.4) is 0 Å². The van der Waals surface area contributed by atoms with Gasteiger partial charge in [-0.15, -0.1) is 0 Å². The van der Waals surface area contributed by atoms with Crippen LogP contribution in [0.4, 0.5) is 0 Å². The summed E-state index contributed by atoms with van der Waals surface area (Å²) >= 11 is 12.3. The van der Waals surface area contributed by atoms with E-state index in [-0.39, 0.29) is 33.3 Å². The molecule has 0 saturated heterocycles. The minimum Gasteiger partial charge on any atom is -0.494 e. The van der Waals surface area contributed by atoms with E-state index >= 15 is 0 Å². The molecule has 2 N–H and O–H groups in total. The van der Waals surface area contributed by atoms with Gasteiger partial charge < -0.3 is 15.4 Å². The summed E-state index contributed by atoms with van der Waals surface area (Å²) in [6.45, 7) is 3.69. The van der Waals surface area contributed by atoms with Crippen molar-refractivity contribution in [2.75, 3.05) is 7.11 Å². The fraction of sp³-hybridized carbons (Fsp3) is 0.263. The van der Waals surface area contributed by atoms with Gasteiger partial charge >= 0.3 is 0 Å². The predicted molar refractivity (Wildman–Crippen MR) is 103 cm³/mol. The molecule has 0 bridgehead atoms. The first-order valence-electron chi connectivity index (χ1n) is 8.03. The van der Waals surface area contributed by atoms with E-state index in [1.165, 1.54) is 13.2 Å². The molecular formula is C19H20Cl2N2O3. The molecule has 0 heterocycles. The van der Waals surface area contributed by atoms with Gasteiger partial charge in [0, 0.05) is 6.04 Å². The largest absolute Gasteiger partial charge is 0.494 e. The van der Waals surface area contributed by atoms with Gasteiger partial charge in [0.25, 0.3) is 5.91 Å². The lowest BCUT2D eigenvalue weighted by atomic mass is 10.0. The summed E-state index contributed by atoms with van der Waals surface area (Å²) in [6, 6.07) is 11.0. The van der Waals surface area contributed by atoms with Gasteiger partial charge in [0.05, 0.1) is 17.2 Å². The van der Waals surface area contributed by atoms with E-state index in [0.717, 1.165) is 0 Å². The summed E-state index contributed by atoms with van der Waals surface area (Å²) in [6.07, 6.45) is 0. The van der Waals surface area contributed by atoms with E-state index in [9.17, 15) is 9.59 Å². The number of carbonyl (C=O) groups is 2. The summed E-state index contributed by atoms with van der Waals surface area (Å²) in [4.78, 5) is 25.5. The molecule has 0 aliphatic rings. The molecule has 0 aromatic heterocycles. The zero-order chi connectivity index (χ0) is 19.3. The van der Waals surface area contributed by atoms with Crippen LogP contribution in [0, 0.1) is 0 Å². The Hall–Kier alpha value is -2.24. The normalized spacial score (nSPS) is 11.8. The van der Waals surface area contributed by atoms with Gasteiger partial charge in [-0.3, -0.25) is 9.59 Å².